The van der Waals surface area contributed by atoms with E-state index in [1.165, 1.54) is 12.0 Å². The van der Waals surface area contributed by atoms with Crippen LogP contribution in [0.15, 0.2) is 24.3 Å². The summed E-state index contributed by atoms with van der Waals surface area (Å²) in [6.45, 7) is 4.05. The van der Waals surface area contributed by atoms with Crippen molar-refractivity contribution >= 4 is 5.91 Å². The minimum atomic E-state index is 0.357. The Morgan fingerprint density at radius 3 is 2.50 bits per heavy atom. The number of carbonyl (C=O) groups excluding carboxylic acids is 1. The quantitative estimate of drug-likeness (QED) is 0.760. The van der Waals surface area contributed by atoms with Gasteiger partial charge in [0.2, 0.25) is 5.91 Å². The van der Waals surface area contributed by atoms with Gasteiger partial charge in [-0.1, -0.05) is 25.5 Å². The van der Waals surface area contributed by atoms with E-state index in [4.69, 9.17) is 4.74 Å². The zero-order valence-corrected chi connectivity index (χ0v) is 14.0. The maximum Gasteiger partial charge on any atom is 0.222 e. The molecule has 1 aliphatic heterocycles. The molecule has 1 saturated heterocycles. The number of rotatable bonds is 7. The minimum Gasteiger partial charge on any atom is -0.497 e. The van der Waals surface area contributed by atoms with Gasteiger partial charge in [0.1, 0.15) is 5.75 Å². The van der Waals surface area contributed by atoms with E-state index in [-0.39, 0.29) is 0 Å². The third kappa shape index (κ3) is 5.04. The van der Waals surface area contributed by atoms with E-state index in [9.17, 15) is 4.79 Å². The number of likely N-dealkylation sites (tertiary alicyclic amines) is 1. The first-order chi connectivity index (χ1) is 10.7. The molecule has 0 bridgehead atoms. The Bertz CT molecular complexity index is 447. The van der Waals surface area contributed by atoms with Crippen LogP contribution in [0.25, 0.3) is 0 Å². The Balaban J connectivity index is 1.69. The molecule has 3 nitrogen and oxygen atoms in total. The predicted octanol–water partition coefficient (Wildman–Crippen LogP) is 4.06. The van der Waals surface area contributed by atoms with Gasteiger partial charge in [-0.25, -0.2) is 0 Å². The molecule has 0 spiro atoms. The smallest absolute Gasteiger partial charge is 0.222 e. The molecule has 2 rings (SSSR count). The summed E-state index contributed by atoms with van der Waals surface area (Å²) < 4.78 is 5.19. The second kappa shape index (κ2) is 8.82. The van der Waals surface area contributed by atoms with E-state index in [1.807, 2.05) is 12.1 Å². The maximum absolute atomic E-state index is 12.0. The Kier molecular flexibility index (Phi) is 6.75. The van der Waals surface area contributed by atoms with E-state index in [0.717, 1.165) is 63.3 Å². The fourth-order valence-electron chi connectivity index (χ4n) is 3.12. The van der Waals surface area contributed by atoms with E-state index >= 15 is 0 Å². The van der Waals surface area contributed by atoms with Gasteiger partial charge in [0.05, 0.1) is 7.11 Å². The molecule has 0 N–H and O–H groups in total. The summed E-state index contributed by atoms with van der Waals surface area (Å²) in [5.41, 5.74) is 1.38. The number of methoxy groups -OCH3 is 1. The van der Waals surface area contributed by atoms with Gasteiger partial charge >= 0.3 is 0 Å². The second-order valence-corrected chi connectivity index (χ2v) is 6.31. The molecule has 1 heterocycles. The molecule has 0 atom stereocenters. The molecule has 1 aromatic rings. The van der Waals surface area contributed by atoms with E-state index < -0.39 is 0 Å². The average Bonchev–Trinajstić information content (AvgIpc) is 2.58. The molecule has 1 fully saturated rings. The number of carbonyl (C=O) groups is 1. The lowest BCUT2D eigenvalue weighted by Crippen LogP contribution is -2.38. The summed E-state index contributed by atoms with van der Waals surface area (Å²) >= 11 is 0. The summed E-state index contributed by atoms with van der Waals surface area (Å²) in [4.78, 5) is 14.1. The van der Waals surface area contributed by atoms with Crippen molar-refractivity contribution in [2.75, 3.05) is 20.2 Å². The highest BCUT2D eigenvalue weighted by atomic mass is 16.5. The van der Waals surface area contributed by atoms with Crippen molar-refractivity contribution in [1.29, 1.82) is 0 Å². The lowest BCUT2D eigenvalue weighted by Gasteiger charge is -2.32. The highest BCUT2D eigenvalue weighted by Crippen LogP contribution is 2.23. The van der Waals surface area contributed by atoms with E-state index in [2.05, 4.69) is 24.0 Å². The number of nitrogens with zero attached hydrogens (tertiary/aromatic N) is 1. The molecule has 1 aromatic carbocycles. The van der Waals surface area contributed by atoms with Crippen LogP contribution in [0.1, 0.15) is 51.0 Å². The highest BCUT2D eigenvalue weighted by Gasteiger charge is 2.22. The van der Waals surface area contributed by atoms with E-state index in [1.54, 1.807) is 7.11 Å². The van der Waals surface area contributed by atoms with Crippen LogP contribution in [0.5, 0.6) is 5.75 Å². The van der Waals surface area contributed by atoms with Crippen LogP contribution < -0.4 is 4.74 Å². The average molecular weight is 303 g/mol. The lowest BCUT2D eigenvalue weighted by molar-refractivity contribution is -0.132. The van der Waals surface area contributed by atoms with Crippen molar-refractivity contribution in [2.24, 2.45) is 5.92 Å². The highest BCUT2D eigenvalue weighted by molar-refractivity contribution is 5.76. The molecule has 1 amide bonds. The number of ether oxygens (including phenoxy) is 1. The predicted molar refractivity (Wildman–Crippen MR) is 90.1 cm³/mol. The molecule has 3 heteroatoms. The molecule has 0 radical (unpaired) electrons. The van der Waals surface area contributed by atoms with Crippen LogP contribution in [-0.2, 0) is 11.2 Å². The van der Waals surface area contributed by atoms with Crippen LogP contribution in [0, 0.1) is 5.92 Å². The standard InChI is InChI=1S/C19H29NO2/c1-3-4-5-19(21)20-14-12-17(13-15-20)7-6-16-8-10-18(22-2)11-9-16/h8-11,17H,3-7,12-15H2,1-2H3. The Hall–Kier alpha value is -1.51. The number of aryl methyl sites for hydroxylation is 1. The molecular weight excluding hydrogens is 274 g/mol. The molecule has 0 unspecified atom stereocenters. The van der Waals surface area contributed by atoms with E-state index in [0.29, 0.717) is 5.91 Å². The summed E-state index contributed by atoms with van der Waals surface area (Å²) in [6, 6.07) is 8.37. The van der Waals surface area contributed by atoms with Gasteiger partial charge in [-0.3, -0.25) is 4.79 Å². The van der Waals surface area contributed by atoms with Crippen molar-refractivity contribution in [3.05, 3.63) is 29.8 Å². The first-order valence-electron chi connectivity index (χ1n) is 8.63. The third-order valence-corrected chi connectivity index (χ3v) is 4.71. The van der Waals surface area contributed by atoms with Gasteiger partial charge in [0.25, 0.3) is 0 Å². The van der Waals surface area contributed by atoms with Gasteiger partial charge in [0.15, 0.2) is 0 Å². The summed E-state index contributed by atoms with van der Waals surface area (Å²) in [6.07, 6.45) is 7.52. The summed E-state index contributed by atoms with van der Waals surface area (Å²) in [5.74, 6) is 2.04. The van der Waals surface area contributed by atoms with Crippen molar-refractivity contribution in [3.8, 4) is 5.75 Å². The topological polar surface area (TPSA) is 29.5 Å². The van der Waals surface area contributed by atoms with Gasteiger partial charge < -0.3 is 9.64 Å². The number of piperidine rings is 1. The zero-order chi connectivity index (χ0) is 15.8. The van der Waals surface area contributed by atoms with Crippen LogP contribution in [0.3, 0.4) is 0 Å². The van der Waals surface area contributed by atoms with Crippen LogP contribution >= 0.6 is 0 Å². The van der Waals surface area contributed by atoms with Crippen LogP contribution in [-0.4, -0.2) is 31.0 Å². The van der Waals surface area contributed by atoms with Crippen LogP contribution in [0.4, 0.5) is 0 Å². The molecule has 122 valence electrons. The minimum absolute atomic E-state index is 0.357. The Labute approximate surface area is 134 Å². The summed E-state index contributed by atoms with van der Waals surface area (Å²) in [7, 11) is 1.70. The number of amides is 1. The molecular formula is C19H29NO2. The van der Waals surface area contributed by atoms with Crippen molar-refractivity contribution in [3.63, 3.8) is 0 Å². The van der Waals surface area contributed by atoms with Gasteiger partial charge in [-0.2, -0.15) is 0 Å². The number of benzene rings is 1. The van der Waals surface area contributed by atoms with Crippen LogP contribution in [0.2, 0.25) is 0 Å². The van der Waals surface area contributed by atoms with Crippen molar-refractivity contribution < 1.29 is 9.53 Å². The third-order valence-electron chi connectivity index (χ3n) is 4.71. The molecule has 0 aliphatic carbocycles. The largest absolute Gasteiger partial charge is 0.497 e. The SMILES string of the molecule is CCCCC(=O)N1CCC(CCc2ccc(OC)cc2)CC1. The Morgan fingerprint density at radius 2 is 1.91 bits per heavy atom. The molecule has 0 aromatic heterocycles. The number of hydrogen-bond acceptors (Lipinski definition) is 2. The molecule has 22 heavy (non-hydrogen) atoms. The fourth-order valence-corrected chi connectivity index (χ4v) is 3.12. The number of hydrogen-bond donors (Lipinski definition) is 0. The summed E-state index contributed by atoms with van der Waals surface area (Å²) in [5, 5.41) is 0. The van der Waals surface area contributed by atoms with Gasteiger partial charge in [0, 0.05) is 19.5 Å². The molecule has 1 aliphatic rings. The molecule has 0 saturated carbocycles. The van der Waals surface area contributed by atoms with Crippen molar-refractivity contribution in [2.45, 2.75) is 51.9 Å². The first kappa shape index (κ1) is 16.9. The fraction of sp³-hybridized carbons (Fsp3) is 0.632. The zero-order valence-electron chi connectivity index (χ0n) is 14.0. The van der Waals surface area contributed by atoms with Crippen molar-refractivity contribution in [1.82, 2.24) is 4.90 Å². The maximum atomic E-state index is 12.0. The first-order valence-corrected chi connectivity index (χ1v) is 8.63. The monoisotopic (exact) mass is 303 g/mol. The Morgan fingerprint density at radius 1 is 1.23 bits per heavy atom. The number of unbranched alkanes of at least 4 members (excludes halogenated alkanes) is 1. The normalized spacial score (nSPS) is 15.8. The lowest BCUT2D eigenvalue weighted by atomic mass is 9.90. The second-order valence-electron chi connectivity index (χ2n) is 6.31. The van der Waals surface area contributed by atoms with Gasteiger partial charge in [-0.15, -0.1) is 0 Å². The van der Waals surface area contributed by atoms with Gasteiger partial charge in [-0.05, 0) is 55.7 Å².